The predicted molar refractivity (Wildman–Crippen MR) is 83.0 cm³/mol. The van der Waals surface area contributed by atoms with E-state index in [1.807, 2.05) is 18.2 Å². The Bertz CT molecular complexity index is 685. The number of thioether (sulfide) groups is 1. The number of benzene rings is 1. The van der Waals surface area contributed by atoms with Crippen LogP contribution in [0.4, 0.5) is 0 Å². The third-order valence-electron chi connectivity index (χ3n) is 4.11. The minimum atomic E-state index is -0.875. The van der Waals surface area contributed by atoms with Gasteiger partial charge in [0.15, 0.2) is 5.78 Å². The van der Waals surface area contributed by atoms with Gasteiger partial charge in [0.2, 0.25) is 0 Å². The van der Waals surface area contributed by atoms with Gasteiger partial charge in [0.1, 0.15) is 0 Å². The molecule has 1 unspecified atom stereocenters. The number of allylic oxidation sites excluding steroid dienone is 2. The van der Waals surface area contributed by atoms with E-state index in [2.05, 4.69) is 12.1 Å². The molecule has 1 N–H and O–H groups in total. The van der Waals surface area contributed by atoms with E-state index < -0.39 is 11.9 Å². The quantitative estimate of drug-likeness (QED) is 0.910. The summed E-state index contributed by atoms with van der Waals surface area (Å²) in [6.45, 7) is 1.64. The molecule has 108 valence electrons. The topological polar surface area (TPSA) is 54.4 Å². The monoisotopic (exact) mass is 300 g/mol. The van der Waals surface area contributed by atoms with E-state index >= 15 is 0 Å². The van der Waals surface area contributed by atoms with Crippen molar-refractivity contribution in [2.45, 2.75) is 25.5 Å². The summed E-state index contributed by atoms with van der Waals surface area (Å²) in [5.41, 5.74) is 4.01. The smallest absolute Gasteiger partial charge is 0.310 e. The van der Waals surface area contributed by atoms with Gasteiger partial charge in [-0.3, -0.25) is 9.59 Å². The average Bonchev–Trinajstić information content (AvgIpc) is 2.66. The molecule has 1 aliphatic heterocycles. The highest BCUT2D eigenvalue weighted by molar-refractivity contribution is 8.02. The lowest BCUT2D eigenvalue weighted by Crippen LogP contribution is -2.20. The Balaban J connectivity index is 1.98. The van der Waals surface area contributed by atoms with E-state index in [-0.39, 0.29) is 12.2 Å². The fraction of sp³-hybridized carbons (Fsp3) is 0.294. The number of carboxylic acid groups (broad SMARTS) is 1. The highest BCUT2D eigenvalue weighted by Crippen LogP contribution is 2.38. The number of rotatable bonds is 2. The van der Waals surface area contributed by atoms with Gasteiger partial charge >= 0.3 is 5.97 Å². The first-order valence-corrected chi connectivity index (χ1v) is 7.94. The predicted octanol–water partition coefficient (Wildman–Crippen LogP) is 3.35. The van der Waals surface area contributed by atoms with Gasteiger partial charge in [-0.05, 0) is 29.7 Å². The molecule has 2 aliphatic rings. The number of carbonyl (C=O) groups is 2. The highest BCUT2D eigenvalue weighted by atomic mass is 32.2. The second-order valence-electron chi connectivity index (χ2n) is 5.46. The normalized spacial score (nSPS) is 19.3. The van der Waals surface area contributed by atoms with E-state index in [9.17, 15) is 9.59 Å². The van der Waals surface area contributed by atoms with Crippen molar-refractivity contribution < 1.29 is 14.7 Å². The summed E-state index contributed by atoms with van der Waals surface area (Å²) in [5, 5.41) is 9.14. The summed E-state index contributed by atoms with van der Waals surface area (Å²) >= 11 is 1.64. The van der Waals surface area contributed by atoms with Crippen molar-refractivity contribution in [1.82, 2.24) is 0 Å². The third-order valence-corrected chi connectivity index (χ3v) is 5.24. The fourth-order valence-electron chi connectivity index (χ4n) is 2.70. The third kappa shape index (κ3) is 2.68. The largest absolute Gasteiger partial charge is 0.481 e. The van der Waals surface area contributed by atoms with Crippen LogP contribution in [0.5, 0.6) is 0 Å². The zero-order valence-corrected chi connectivity index (χ0v) is 12.6. The molecule has 1 heterocycles. The van der Waals surface area contributed by atoms with Crippen LogP contribution in [0.15, 0.2) is 46.4 Å². The molecule has 0 fully saturated rings. The van der Waals surface area contributed by atoms with Crippen molar-refractivity contribution in [3.05, 3.63) is 57.5 Å². The van der Waals surface area contributed by atoms with E-state index in [4.69, 9.17) is 5.11 Å². The SMILES string of the molecule is CC(C(=O)O)C1=CC2=C(Cc3ccccc3CS2)C(=O)C1. The van der Waals surface area contributed by atoms with Gasteiger partial charge in [-0.1, -0.05) is 24.3 Å². The number of carboxylic acids is 1. The van der Waals surface area contributed by atoms with Gasteiger partial charge in [0.05, 0.1) is 5.92 Å². The second kappa shape index (κ2) is 5.53. The molecule has 0 aromatic heterocycles. The van der Waals surface area contributed by atoms with Crippen molar-refractivity contribution in [3.8, 4) is 0 Å². The Morgan fingerprint density at radius 3 is 2.67 bits per heavy atom. The molecular weight excluding hydrogens is 284 g/mol. The first kappa shape index (κ1) is 14.1. The van der Waals surface area contributed by atoms with Crippen LogP contribution in [-0.4, -0.2) is 16.9 Å². The molecule has 1 aromatic rings. The standard InChI is InChI=1S/C17H16O3S/c1-10(17(19)20)13-7-15(18)14-6-11-4-2-3-5-12(11)9-21-16(14)8-13/h2-5,8,10H,6-7,9H2,1H3,(H,19,20). The molecule has 4 heteroatoms. The van der Waals surface area contributed by atoms with Gasteiger partial charge in [0.25, 0.3) is 0 Å². The molecule has 3 rings (SSSR count). The molecule has 0 bridgehead atoms. The molecule has 0 saturated carbocycles. The van der Waals surface area contributed by atoms with Gasteiger partial charge in [-0.15, -0.1) is 11.8 Å². The summed E-state index contributed by atoms with van der Waals surface area (Å²) < 4.78 is 0. The Hall–Kier alpha value is -1.81. The molecule has 1 aliphatic carbocycles. The molecule has 0 saturated heterocycles. The van der Waals surface area contributed by atoms with E-state index in [0.29, 0.717) is 12.0 Å². The van der Waals surface area contributed by atoms with Gasteiger partial charge in [-0.25, -0.2) is 0 Å². The van der Waals surface area contributed by atoms with Gasteiger partial charge < -0.3 is 5.11 Å². The minimum absolute atomic E-state index is 0.0693. The van der Waals surface area contributed by atoms with Crippen LogP contribution in [0, 0.1) is 5.92 Å². The number of carbonyl (C=O) groups excluding carboxylic acids is 1. The molecule has 0 amide bonds. The molecule has 0 radical (unpaired) electrons. The lowest BCUT2D eigenvalue weighted by Gasteiger charge is -2.19. The fourth-order valence-corrected chi connectivity index (χ4v) is 3.89. The average molecular weight is 300 g/mol. The summed E-state index contributed by atoms with van der Waals surface area (Å²) in [5.74, 6) is -0.581. The lowest BCUT2D eigenvalue weighted by atomic mass is 9.86. The van der Waals surface area contributed by atoms with Crippen LogP contribution in [0.3, 0.4) is 0 Å². The van der Waals surface area contributed by atoms with Crippen LogP contribution < -0.4 is 0 Å². The molecular formula is C17H16O3S. The Kier molecular flexibility index (Phi) is 3.72. The Morgan fingerprint density at radius 1 is 1.24 bits per heavy atom. The number of fused-ring (bicyclic) bond motifs is 1. The number of aliphatic carboxylic acids is 1. The van der Waals surface area contributed by atoms with Crippen molar-refractivity contribution >= 4 is 23.5 Å². The molecule has 1 aromatic carbocycles. The summed E-state index contributed by atoms with van der Waals surface area (Å²) in [6.07, 6.45) is 2.81. The minimum Gasteiger partial charge on any atom is -0.481 e. The van der Waals surface area contributed by atoms with Crippen LogP contribution in [0.25, 0.3) is 0 Å². The molecule has 0 spiro atoms. The van der Waals surface area contributed by atoms with Gasteiger partial charge in [-0.2, -0.15) is 0 Å². The molecule has 1 atom stereocenters. The van der Waals surface area contributed by atoms with Crippen LogP contribution in [0.2, 0.25) is 0 Å². The number of Topliss-reactive ketones (excluding diaryl/α,β-unsaturated/α-hetero) is 1. The van der Waals surface area contributed by atoms with E-state index in [1.54, 1.807) is 18.7 Å². The zero-order chi connectivity index (χ0) is 15.0. The Morgan fingerprint density at radius 2 is 1.95 bits per heavy atom. The molecule has 3 nitrogen and oxygen atoms in total. The van der Waals surface area contributed by atoms with Crippen molar-refractivity contribution in [1.29, 1.82) is 0 Å². The summed E-state index contributed by atoms with van der Waals surface area (Å²) in [7, 11) is 0. The van der Waals surface area contributed by atoms with E-state index in [1.165, 1.54) is 11.1 Å². The Labute approximate surface area is 127 Å². The van der Waals surface area contributed by atoms with Crippen molar-refractivity contribution in [3.63, 3.8) is 0 Å². The van der Waals surface area contributed by atoms with Crippen LogP contribution in [0.1, 0.15) is 24.5 Å². The number of ketones is 1. The van der Waals surface area contributed by atoms with E-state index in [0.717, 1.165) is 16.2 Å². The van der Waals surface area contributed by atoms with Crippen molar-refractivity contribution in [2.75, 3.05) is 0 Å². The summed E-state index contributed by atoms with van der Waals surface area (Å²) in [4.78, 5) is 24.5. The molecule has 21 heavy (non-hydrogen) atoms. The van der Waals surface area contributed by atoms with Crippen molar-refractivity contribution in [2.24, 2.45) is 5.92 Å². The maximum Gasteiger partial charge on any atom is 0.310 e. The van der Waals surface area contributed by atoms with Crippen LogP contribution in [-0.2, 0) is 21.8 Å². The second-order valence-corrected chi connectivity index (χ2v) is 6.47. The lowest BCUT2D eigenvalue weighted by molar-refractivity contribution is -0.139. The first-order chi connectivity index (χ1) is 10.1. The number of hydrogen-bond donors (Lipinski definition) is 1. The van der Waals surface area contributed by atoms with Gasteiger partial charge in [0, 0.05) is 29.1 Å². The first-order valence-electron chi connectivity index (χ1n) is 6.95. The highest BCUT2D eigenvalue weighted by Gasteiger charge is 2.28. The van der Waals surface area contributed by atoms with Crippen LogP contribution >= 0.6 is 11.8 Å². The zero-order valence-electron chi connectivity index (χ0n) is 11.8. The summed E-state index contributed by atoms with van der Waals surface area (Å²) in [6, 6.07) is 8.17. The number of hydrogen-bond acceptors (Lipinski definition) is 3. The maximum absolute atomic E-state index is 12.4. The maximum atomic E-state index is 12.4.